The Morgan fingerprint density at radius 2 is 1.82 bits per heavy atom. The predicted octanol–water partition coefficient (Wildman–Crippen LogP) is 5.40. The monoisotopic (exact) mass is 546 g/mol. The fraction of sp³-hybridized carbons (Fsp3) is 0.400. The second-order valence-electron chi connectivity index (χ2n) is 10.8. The lowest BCUT2D eigenvalue weighted by molar-refractivity contribution is -0.0529. The zero-order chi connectivity index (χ0) is 27.8. The van der Waals surface area contributed by atoms with Gasteiger partial charge in [0.2, 0.25) is 11.7 Å². The summed E-state index contributed by atoms with van der Waals surface area (Å²) in [5, 5.41) is 0. The van der Waals surface area contributed by atoms with Crippen molar-refractivity contribution in [3.63, 3.8) is 0 Å². The molecule has 2 aliphatic rings. The average Bonchev–Trinajstić information content (AvgIpc) is 3.44. The first-order chi connectivity index (χ1) is 19.4. The summed E-state index contributed by atoms with van der Waals surface area (Å²) in [4.78, 5) is 31.1. The van der Waals surface area contributed by atoms with Gasteiger partial charge in [0.15, 0.2) is 0 Å². The number of ether oxygens (including phenoxy) is 1. The number of hydrogen-bond donors (Lipinski definition) is 0. The van der Waals surface area contributed by atoms with Crippen LogP contribution in [0.25, 0.3) is 17.0 Å². The van der Waals surface area contributed by atoms with E-state index < -0.39 is 6.61 Å². The van der Waals surface area contributed by atoms with Crippen LogP contribution in [0.3, 0.4) is 0 Å². The van der Waals surface area contributed by atoms with Gasteiger partial charge in [-0.2, -0.15) is 8.78 Å². The lowest BCUT2D eigenvalue weighted by Crippen LogP contribution is -2.41. The number of pyridine rings is 1. The van der Waals surface area contributed by atoms with Gasteiger partial charge in [-0.3, -0.25) is 14.1 Å². The van der Waals surface area contributed by atoms with Gasteiger partial charge in [-0.1, -0.05) is 44.2 Å². The SMILES string of the molecule is CC(C)c1ccc(-c2nc3ncccn3c2CN2C3CCC2CN(C(=O)c2cccc(OC(F)F)n2)CC3)cc1. The summed E-state index contributed by atoms with van der Waals surface area (Å²) < 4.78 is 31.8. The number of nitrogens with zero attached hydrogens (tertiary/aromatic N) is 6. The quantitative estimate of drug-likeness (QED) is 0.309. The maximum atomic E-state index is 13.4. The number of fused-ring (bicyclic) bond motifs is 3. The van der Waals surface area contributed by atoms with Gasteiger partial charge in [0.25, 0.3) is 5.91 Å². The molecule has 2 aliphatic heterocycles. The fourth-order valence-corrected chi connectivity index (χ4v) is 5.98. The van der Waals surface area contributed by atoms with Crippen molar-refractivity contribution in [1.29, 1.82) is 0 Å². The summed E-state index contributed by atoms with van der Waals surface area (Å²) in [6, 6.07) is 15.4. The number of imidazole rings is 1. The van der Waals surface area contributed by atoms with Crippen LogP contribution >= 0.6 is 0 Å². The van der Waals surface area contributed by atoms with E-state index in [2.05, 4.69) is 62.1 Å². The van der Waals surface area contributed by atoms with Crippen molar-refractivity contribution in [2.75, 3.05) is 13.1 Å². The number of halogens is 2. The Balaban J connectivity index is 1.26. The minimum atomic E-state index is -2.99. The number of alkyl halides is 2. The van der Waals surface area contributed by atoms with Gasteiger partial charge in [-0.25, -0.2) is 15.0 Å². The molecule has 40 heavy (non-hydrogen) atoms. The van der Waals surface area contributed by atoms with Gasteiger partial charge in [0.1, 0.15) is 5.69 Å². The Bertz CT molecular complexity index is 1510. The molecule has 2 fully saturated rings. The Labute approximate surface area is 231 Å². The summed E-state index contributed by atoms with van der Waals surface area (Å²) >= 11 is 0. The van der Waals surface area contributed by atoms with E-state index in [1.54, 1.807) is 17.2 Å². The summed E-state index contributed by atoms with van der Waals surface area (Å²) in [6.07, 6.45) is 6.63. The molecule has 208 valence electrons. The normalized spacial score (nSPS) is 19.5. The van der Waals surface area contributed by atoms with Crippen molar-refractivity contribution >= 4 is 11.7 Å². The molecule has 10 heteroatoms. The number of hydrogen-bond acceptors (Lipinski definition) is 6. The molecule has 1 aromatic carbocycles. The van der Waals surface area contributed by atoms with Crippen molar-refractivity contribution in [2.24, 2.45) is 0 Å². The molecular formula is C30H32F2N6O2. The Kier molecular flexibility index (Phi) is 7.18. The van der Waals surface area contributed by atoms with Crippen LogP contribution in [0, 0.1) is 0 Å². The molecule has 6 rings (SSSR count). The highest BCUT2D eigenvalue weighted by Gasteiger charge is 2.39. The van der Waals surface area contributed by atoms with E-state index in [0.717, 1.165) is 36.2 Å². The van der Waals surface area contributed by atoms with E-state index in [-0.39, 0.29) is 23.5 Å². The van der Waals surface area contributed by atoms with Gasteiger partial charge < -0.3 is 9.64 Å². The molecule has 4 aromatic rings. The summed E-state index contributed by atoms with van der Waals surface area (Å²) in [5.41, 5.74) is 4.45. The van der Waals surface area contributed by atoms with Crippen LogP contribution in [0.15, 0.2) is 60.9 Å². The molecule has 0 aliphatic carbocycles. The minimum absolute atomic E-state index is 0.113. The highest BCUT2D eigenvalue weighted by Crippen LogP contribution is 2.35. The first-order valence-corrected chi connectivity index (χ1v) is 13.8. The molecule has 2 bridgehead atoms. The molecule has 0 spiro atoms. The van der Waals surface area contributed by atoms with Crippen molar-refractivity contribution in [1.82, 2.24) is 29.2 Å². The second kappa shape index (κ2) is 10.9. The largest absolute Gasteiger partial charge is 0.417 e. The van der Waals surface area contributed by atoms with Crippen LogP contribution in [0.4, 0.5) is 8.78 Å². The van der Waals surface area contributed by atoms with Crippen LogP contribution in [0.2, 0.25) is 0 Å². The third-order valence-corrected chi connectivity index (χ3v) is 8.06. The molecule has 2 unspecified atom stereocenters. The van der Waals surface area contributed by atoms with Crippen molar-refractivity contribution in [3.05, 3.63) is 77.9 Å². The fourth-order valence-electron chi connectivity index (χ4n) is 5.98. The van der Waals surface area contributed by atoms with E-state index in [1.165, 1.54) is 17.7 Å². The van der Waals surface area contributed by atoms with Gasteiger partial charge in [0, 0.05) is 55.7 Å². The molecular weight excluding hydrogens is 514 g/mol. The Morgan fingerprint density at radius 1 is 1.02 bits per heavy atom. The zero-order valence-corrected chi connectivity index (χ0v) is 22.6. The van der Waals surface area contributed by atoms with Gasteiger partial charge in [0.05, 0.1) is 11.4 Å². The van der Waals surface area contributed by atoms with E-state index in [1.807, 2.05) is 12.3 Å². The number of benzene rings is 1. The van der Waals surface area contributed by atoms with E-state index in [4.69, 9.17) is 4.98 Å². The second-order valence-corrected chi connectivity index (χ2v) is 10.8. The van der Waals surface area contributed by atoms with Crippen molar-refractivity contribution in [3.8, 4) is 17.1 Å². The lowest BCUT2D eigenvalue weighted by Gasteiger charge is -2.29. The van der Waals surface area contributed by atoms with Crippen molar-refractivity contribution in [2.45, 2.75) is 64.3 Å². The number of rotatable bonds is 7. The maximum absolute atomic E-state index is 13.4. The Morgan fingerprint density at radius 3 is 2.60 bits per heavy atom. The summed E-state index contributed by atoms with van der Waals surface area (Å²) in [5.74, 6) is 0.590. The lowest BCUT2D eigenvalue weighted by atomic mass is 10.0. The van der Waals surface area contributed by atoms with Gasteiger partial charge in [-0.15, -0.1) is 0 Å². The molecule has 0 radical (unpaired) electrons. The van der Waals surface area contributed by atoms with E-state index in [0.29, 0.717) is 37.4 Å². The first-order valence-electron chi connectivity index (χ1n) is 13.8. The Hall–Kier alpha value is -3.92. The number of likely N-dealkylation sites (tertiary alicyclic amines) is 1. The van der Waals surface area contributed by atoms with Crippen LogP contribution in [0.1, 0.15) is 60.8 Å². The molecule has 0 saturated carbocycles. The van der Waals surface area contributed by atoms with E-state index in [9.17, 15) is 13.6 Å². The van der Waals surface area contributed by atoms with Crippen LogP contribution in [-0.2, 0) is 6.54 Å². The minimum Gasteiger partial charge on any atom is -0.417 e. The summed E-state index contributed by atoms with van der Waals surface area (Å²) in [7, 11) is 0. The van der Waals surface area contributed by atoms with Crippen LogP contribution in [-0.4, -0.2) is 66.8 Å². The highest BCUT2D eigenvalue weighted by molar-refractivity contribution is 5.92. The van der Waals surface area contributed by atoms with Crippen LogP contribution < -0.4 is 4.74 Å². The molecule has 1 amide bonds. The topological polar surface area (TPSA) is 75.9 Å². The number of amides is 1. The molecule has 8 nitrogen and oxygen atoms in total. The number of aromatic nitrogens is 4. The van der Waals surface area contributed by atoms with Crippen LogP contribution in [0.5, 0.6) is 5.88 Å². The maximum Gasteiger partial charge on any atom is 0.388 e. The van der Waals surface area contributed by atoms with Crippen molar-refractivity contribution < 1.29 is 18.3 Å². The van der Waals surface area contributed by atoms with E-state index >= 15 is 0 Å². The van der Waals surface area contributed by atoms with Gasteiger partial charge >= 0.3 is 6.61 Å². The first kappa shape index (κ1) is 26.3. The number of carbonyl (C=O) groups is 1. The number of carbonyl (C=O) groups excluding carboxylic acids is 1. The molecule has 0 N–H and O–H groups in total. The highest BCUT2D eigenvalue weighted by atomic mass is 19.3. The molecule has 2 atom stereocenters. The molecule has 5 heterocycles. The molecule has 2 saturated heterocycles. The standard InChI is InChI=1S/C30H32F2N6O2/c1-19(2)20-7-9-21(10-8-20)27-25(37-15-4-14-33-30(37)35-27)18-38-22-11-12-23(38)17-36(16-13-22)28(39)24-5-3-6-26(34-24)40-29(31)32/h3-10,14-15,19,22-23,29H,11-13,16-18H2,1-2H3. The predicted molar refractivity (Wildman–Crippen MR) is 146 cm³/mol. The van der Waals surface area contributed by atoms with Gasteiger partial charge in [-0.05, 0) is 42.9 Å². The average molecular weight is 547 g/mol. The third-order valence-electron chi connectivity index (χ3n) is 8.06. The summed E-state index contributed by atoms with van der Waals surface area (Å²) in [6.45, 7) is 3.18. The zero-order valence-electron chi connectivity index (χ0n) is 22.6. The smallest absolute Gasteiger partial charge is 0.388 e. The third kappa shape index (κ3) is 5.15. The molecule has 3 aromatic heterocycles.